The molecule has 1 saturated carbocycles. The molecule has 0 spiro atoms. The zero-order valence-corrected chi connectivity index (χ0v) is 9.51. The normalized spacial score (nSPS) is 23.6. The Balaban J connectivity index is 2.03. The number of fused-ring (bicyclic) bond motifs is 1. The van der Waals surface area contributed by atoms with Crippen LogP contribution in [0.2, 0.25) is 0 Å². The van der Waals surface area contributed by atoms with Crippen molar-refractivity contribution < 1.29 is 0 Å². The van der Waals surface area contributed by atoms with Gasteiger partial charge in [-0.1, -0.05) is 29.4 Å². The van der Waals surface area contributed by atoms with E-state index in [1.165, 1.54) is 28.9 Å². The summed E-state index contributed by atoms with van der Waals surface area (Å²) in [6.07, 6.45) is 13.2. The second kappa shape index (κ2) is 4.38. The van der Waals surface area contributed by atoms with Crippen LogP contribution in [0.25, 0.3) is 0 Å². The fraction of sp³-hybridized carbons (Fsp3) is 0.267. The lowest BCUT2D eigenvalue weighted by Gasteiger charge is -2.22. The van der Waals surface area contributed by atoms with Gasteiger partial charge in [-0.3, -0.25) is 0 Å². The molecule has 0 unspecified atom stereocenters. The lowest BCUT2D eigenvalue weighted by atomic mass is 9.81. The molecule has 15 heavy (non-hydrogen) atoms. The van der Waals surface area contributed by atoms with Crippen molar-refractivity contribution in [2.45, 2.75) is 26.7 Å². The monoisotopic (exact) mass is 197 g/mol. The van der Waals surface area contributed by atoms with Crippen LogP contribution >= 0.6 is 0 Å². The van der Waals surface area contributed by atoms with Gasteiger partial charge in [-0.15, -0.1) is 6.58 Å². The number of hydrogen-bond donors (Lipinski definition) is 0. The third-order valence-electron chi connectivity index (χ3n) is 3.02. The van der Waals surface area contributed by atoms with E-state index in [1.54, 1.807) is 0 Å². The minimum Gasteiger partial charge on any atom is -0.103 e. The molecular formula is C15H17. The van der Waals surface area contributed by atoms with E-state index < -0.39 is 0 Å². The van der Waals surface area contributed by atoms with E-state index in [4.69, 9.17) is 0 Å². The lowest BCUT2D eigenvalue weighted by Crippen LogP contribution is -2.09. The van der Waals surface area contributed by atoms with Gasteiger partial charge < -0.3 is 0 Å². The van der Waals surface area contributed by atoms with Crippen molar-refractivity contribution in [1.29, 1.82) is 0 Å². The van der Waals surface area contributed by atoms with Crippen molar-refractivity contribution in [2.24, 2.45) is 0 Å². The zero-order valence-electron chi connectivity index (χ0n) is 9.51. The van der Waals surface area contributed by atoms with E-state index in [9.17, 15) is 0 Å². The highest BCUT2D eigenvalue weighted by atomic mass is 14.4. The van der Waals surface area contributed by atoms with Gasteiger partial charge in [0.2, 0.25) is 0 Å². The van der Waals surface area contributed by atoms with Crippen LogP contribution < -0.4 is 0 Å². The molecule has 2 rings (SSSR count). The van der Waals surface area contributed by atoms with Crippen molar-refractivity contribution >= 4 is 0 Å². The standard InChI is InChI=1S/C15H17/c1-4-5-6-13-9-14-11(2)7-8-12(3)15(14)10-13/h4,7-10H,1,5-6H2,2-3H3. The first-order chi connectivity index (χ1) is 7.22. The molecule has 1 fully saturated rings. The van der Waals surface area contributed by atoms with E-state index >= 15 is 0 Å². The maximum atomic E-state index is 3.76. The topological polar surface area (TPSA) is 0 Å². The Kier molecular flexibility index (Phi) is 3.14. The van der Waals surface area contributed by atoms with Gasteiger partial charge in [-0.25, -0.2) is 0 Å². The highest BCUT2D eigenvalue weighted by molar-refractivity contribution is 5.66. The smallest absolute Gasteiger partial charge is 0.0160 e. The Hall–Kier alpha value is -0.780. The van der Waals surface area contributed by atoms with E-state index in [0.717, 1.165) is 12.8 Å². The molecule has 0 N–H and O–H groups in total. The summed E-state index contributed by atoms with van der Waals surface area (Å²) < 4.78 is 0. The molecule has 0 saturated heterocycles. The summed E-state index contributed by atoms with van der Waals surface area (Å²) in [6, 6.07) is 0. The van der Waals surface area contributed by atoms with Crippen molar-refractivity contribution in [2.75, 3.05) is 0 Å². The van der Waals surface area contributed by atoms with Crippen LogP contribution in [-0.2, 0) is 0 Å². The molecule has 0 heterocycles. The molecule has 2 aliphatic rings. The van der Waals surface area contributed by atoms with Gasteiger partial charge in [0.15, 0.2) is 0 Å². The van der Waals surface area contributed by atoms with Gasteiger partial charge in [0.1, 0.15) is 0 Å². The Morgan fingerprint density at radius 3 is 2.07 bits per heavy atom. The fourth-order valence-corrected chi connectivity index (χ4v) is 2.06. The van der Waals surface area contributed by atoms with Crippen LogP contribution in [0, 0.1) is 30.6 Å². The lowest BCUT2D eigenvalue weighted by molar-refractivity contribution is 0.906. The Labute approximate surface area is 93.8 Å². The molecule has 0 bridgehead atoms. The van der Waals surface area contributed by atoms with Gasteiger partial charge in [0, 0.05) is 11.8 Å². The summed E-state index contributed by atoms with van der Waals surface area (Å²) in [5.41, 5.74) is 2.75. The summed E-state index contributed by atoms with van der Waals surface area (Å²) in [5, 5.41) is 0. The Morgan fingerprint density at radius 1 is 1.07 bits per heavy atom. The van der Waals surface area contributed by atoms with Gasteiger partial charge in [0.05, 0.1) is 0 Å². The number of hydrogen-bond acceptors (Lipinski definition) is 0. The molecule has 77 valence electrons. The first kappa shape index (κ1) is 10.7. The summed E-state index contributed by atoms with van der Waals surface area (Å²) >= 11 is 0. The average Bonchev–Trinajstić information content (AvgIpc) is 2.66. The molecule has 0 aromatic heterocycles. The third kappa shape index (κ3) is 2.09. The second-order valence-corrected chi connectivity index (χ2v) is 4.22. The van der Waals surface area contributed by atoms with Crippen molar-refractivity contribution in [3.05, 3.63) is 66.5 Å². The first-order valence-electron chi connectivity index (χ1n) is 5.49. The first-order valence-corrected chi connectivity index (χ1v) is 5.49. The molecule has 0 heteroatoms. The SMILES string of the molecule is C=CCC[C]1[CH][C]2[C]([CH]1)C(C)=CC=C2C. The minimum absolute atomic E-state index is 1.06. The molecule has 0 aliphatic heterocycles. The van der Waals surface area contributed by atoms with Crippen molar-refractivity contribution in [1.82, 2.24) is 0 Å². The summed E-state index contributed by atoms with van der Waals surface area (Å²) in [4.78, 5) is 0. The van der Waals surface area contributed by atoms with E-state index in [-0.39, 0.29) is 0 Å². The Bertz CT molecular complexity index is 280. The predicted molar refractivity (Wildman–Crippen MR) is 65.3 cm³/mol. The molecule has 0 atom stereocenters. The molecule has 2 aliphatic carbocycles. The maximum absolute atomic E-state index is 3.76. The van der Waals surface area contributed by atoms with Gasteiger partial charge >= 0.3 is 0 Å². The number of allylic oxidation sites excluding steroid dienone is 5. The van der Waals surface area contributed by atoms with Gasteiger partial charge in [-0.2, -0.15) is 0 Å². The third-order valence-corrected chi connectivity index (χ3v) is 3.02. The van der Waals surface area contributed by atoms with Crippen LogP contribution in [0.1, 0.15) is 26.7 Å². The molecule has 5 radical (unpaired) electrons. The molecule has 0 nitrogen and oxygen atoms in total. The highest BCUT2D eigenvalue weighted by Crippen LogP contribution is 2.50. The predicted octanol–water partition coefficient (Wildman–Crippen LogP) is 4.00. The Morgan fingerprint density at radius 2 is 1.60 bits per heavy atom. The molecule has 0 aromatic carbocycles. The summed E-state index contributed by atoms with van der Waals surface area (Å²) in [7, 11) is 0. The van der Waals surface area contributed by atoms with Crippen molar-refractivity contribution in [3.8, 4) is 0 Å². The van der Waals surface area contributed by atoms with E-state index in [0.29, 0.717) is 0 Å². The molecule has 0 amide bonds. The van der Waals surface area contributed by atoms with Gasteiger partial charge in [0.25, 0.3) is 0 Å². The highest BCUT2D eigenvalue weighted by Gasteiger charge is 2.38. The molecule has 0 aromatic rings. The van der Waals surface area contributed by atoms with Crippen molar-refractivity contribution in [3.63, 3.8) is 0 Å². The van der Waals surface area contributed by atoms with E-state index in [2.05, 4.69) is 45.4 Å². The van der Waals surface area contributed by atoms with Crippen LogP contribution in [0.3, 0.4) is 0 Å². The molecular weight excluding hydrogens is 180 g/mol. The minimum atomic E-state index is 1.06. The van der Waals surface area contributed by atoms with Crippen LogP contribution in [0.5, 0.6) is 0 Å². The maximum Gasteiger partial charge on any atom is 0.0160 e. The average molecular weight is 197 g/mol. The van der Waals surface area contributed by atoms with Gasteiger partial charge in [-0.05, 0) is 45.4 Å². The fourth-order valence-electron chi connectivity index (χ4n) is 2.06. The largest absolute Gasteiger partial charge is 0.103 e. The number of rotatable bonds is 3. The summed E-state index contributed by atoms with van der Waals surface area (Å²) in [6.45, 7) is 8.12. The van der Waals surface area contributed by atoms with Crippen LogP contribution in [-0.4, -0.2) is 0 Å². The van der Waals surface area contributed by atoms with E-state index in [1.807, 2.05) is 6.08 Å². The second-order valence-electron chi connectivity index (χ2n) is 4.22. The van der Waals surface area contributed by atoms with Crippen LogP contribution in [0.15, 0.2) is 36.0 Å². The quantitative estimate of drug-likeness (QED) is 0.600. The summed E-state index contributed by atoms with van der Waals surface area (Å²) in [5.74, 6) is 4.26. The zero-order chi connectivity index (χ0) is 10.8. The van der Waals surface area contributed by atoms with Crippen LogP contribution in [0.4, 0.5) is 0 Å².